The van der Waals surface area contributed by atoms with E-state index in [1.165, 1.54) is 0 Å². The molecule has 0 bridgehead atoms. The summed E-state index contributed by atoms with van der Waals surface area (Å²) in [7, 11) is 1.63. The van der Waals surface area contributed by atoms with Gasteiger partial charge in [0.2, 0.25) is 11.8 Å². The third-order valence-electron chi connectivity index (χ3n) is 7.20. The number of ether oxygens (including phenoxy) is 2. The highest BCUT2D eigenvalue weighted by molar-refractivity contribution is 5.97. The van der Waals surface area contributed by atoms with E-state index in [-0.39, 0.29) is 30.5 Å². The number of hydrogen-bond acceptors (Lipinski definition) is 4. The van der Waals surface area contributed by atoms with Gasteiger partial charge in [-0.2, -0.15) is 0 Å². The normalized spacial score (nSPS) is 24.8. The molecule has 2 unspecified atom stereocenters. The molecule has 0 saturated carbocycles. The molecule has 6 rings (SSSR count). The van der Waals surface area contributed by atoms with Gasteiger partial charge in [0.1, 0.15) is 11.8 Å². The van der Waals surface area contributed by atoms with Crippen molar-refractivity contribution in [1.29, 1.82) is 0 Å². The van der Waals surface area contributed by atoms with Crippen molar-refractivity contribution in [2.45, 2.75) is 37.5 Å². The Morgan fingerprint density at radius 2 is 2.03 bits per heavy atom. The molecule has 3 atom stereocenters. The van der Waals surface area contributed by atoms with Crippen LogP contribution in [0, 0.1) is 0 Å². The second-order valence-electron chi connectivity index (χ2n) is 9.12. The molecular weight excluding hydrogens is 418 g/mol. The van der Waals surface area contributed by atoms with Crippen LogP contribution in [0.15, 0.2) is 48.5 Å². The van der Waals surface area contributed by atoms with Crippen LogP contribution < -0.4 is 4.74 Å². The Morgan fingerprint density at radius 1 is 1.15 bits per heavy atom. The van der Waals surface area contributed by atoms with Gasteiger partial charge in [-0.05, 0) is 42.2 Å². The molecule has 7 heteroatoms. The van der Waals surface area contributed by atoms with Gasteiger partial charge in [0, 0.05) is 36.2 Å². The minimum absolute atomic E-state index is 0.00827. The Bertz CT molecular complexity index is 1230. The molecule has 2 aromatic carbocycles. The van der Waals surface area contributed by atoms with E-state index >= 15 is 0 Å². The number of aromatic amines is 1. The highest BCUT2D eigenvalue weighted by Gasteiger charge is 2.48. The molecule has 0 aliphatic carbocycles. The predicted molar refractivity (Wildman–Crippen MR) is 123 cm³/mol. The molecule has 1 aromatic heterocycles. The van der Waals surface area contributed by atoms with Crippen molar-refractivity contribution in [3.05, 3.63) is 65.4 Å². The fourth-order valence-electron chi connectivity index (χ4n) is 5.67. The van der Waals surface area contributed by atoms with Crippen LogP contribution in [-0.4, -0.2) is 65.6 Å². The molecule has 1 N–H and O–H groups in total. The van der Waals surface area contributed by atoms with Crippen molar-refractivity contribution < 1.29 is 19.1 Å². The average Bonchev–Trinajstić information content (AvgIpc) is 3.48. The van der Waals surface area contributed by atoms with Crippen LogP contribution in [-0.2, 0) is 20.7 Å². The van der Waals surface area contributed by atoms with E-state index in [1.807, 2.05) is 42.5 Å². The van der Waals surface area contributed by atoms with Gasteiger partial charge >= 0.3 is 0 Å². The fourth-order valence-corrected chi connectivity index (χ4v) is 5.67. The summed E-state index contributed by atoms with van der Waals surface area (Å²) >= 11 is 0. The molecule has 2 saturated heterocycles. The summed E-state index contributed by atoms with van der Waals surface area (Å²) < 4.78 is 11.2. The summed E-state index contributed by atoms with van der Waals surface area (Å²) in [6.45, 7) is 1.30. The van der Waals surface area contributed by atoms with Crippen LogP contribution >= 0.6 is 0 Å². The largest absolute Gasteiger partial charge is 0.497 e. The zero-order chi connectivity index (χ0) is 22.5. The van der Waals surface area contributed by atoms with E-state index in [0.29, 0.717) is 13.0 Å². The smallest absolute Gasteiger partial charge is 0.246 e. The van der Waals surface area contributed by atoms with Crippen molar-refractivity contribution in [3.63, 3.8) is 0 Å². The molecule has 0 radical (unpaired) electrons. The first-order chi connectivity index (χ1) is 16.1. The van der Waals surface area contributed by atoms with Crippen LogP contribution in [0.5, 0.6) is 5.75 Å². The Labute approximate surface area is 192 Å². The van der Waals surface area contributed by atoms with Crippen LogP contribution in [0.4, 0.5) is 0 Å². The lowest BCUT2D eigenvalue weighted by atomic mass is 9.86. The second kappa shape index (κ2) is 7.92. The van der Waals surface area contributed by atoms with E-state index in [9.17, 15) is 9.59 Å². The number of carbonyl (C=O) groups is 2. The molecular formula is C26H27N3O4. The van der Waals surface area contributed by atoms with Crippen molar-refractivity contribution >= 4 is 22.7 Å². The first-order valence-corrected chi connectivity index (χ1v) is 11.6. The number of nitrogens with zero attached hydrogens (tertiary/aromatic N) is 2. The molecule has 0 spiro atoms. The average molecular weight is 446 g/mol. The van der Waals surface area contributed by atoms with Crippen LogP contribution in [0.25, 0.3) is 10.9 Å². The summed E-state index contributed by atoms with van der Waals surface area (Å²) in [5.74, 6) is 0.701. The van der Waals surface area contributed by atoms with Gasteiger partial charge in [0.15, 0.2) is 0 Å². The van der Waals surface area contributed by atoms with Crippen LogP contribution in [0.2, 0.25) is 0 Å². The summed E-state index contributed by atoms with van der Waals surface area (Å²) in [5, 5.41) is 1.11. The number of carbonyl (C=O) groups excluding carboxylic acids is 2. The number of rotatable bonds is 4. The maximum Gasteiger partial charge on any atom is 0.246 e. The maximum absolute atomic E-state index is 13.7. The summed E-state index contributed by atoms with van der Waals surface area (Å²) in [6, 6.07) is 15.0. The molecule has 3 aromatic rings. The highest BCUT2D eigenvalue weighted by atomic mass is 16.5. The van der Waals surface area contributed by atoms with Crippen LogP contribution in [0.1, 0.15) is 35.7 Å². The van der Waals surface area contributed by atoms with Gasteiger partial charge in [0.05, 0.1) is 25.8 Å². The number of aromatic nitrogens is 1. The minimum Gasteiger partial charge on any atom is -0.497 e. The van der Waals surface area contributed by atoms with Gasteiger partial charge in [-0.1, -0.05) is 30.3 Å². The molecule has 170 valence electrons. The topological polar surface area (TPSA) is 74.9 Å². The molecule has 7 nitrogen and oxygen atoms in total. The number of amides is 2. The Hall–Kier alpha value is -3.32. The van der Waals surface area contributed by atoms with Crippen LogP contribution in [0.3, 0.4) is 0 Å². The van der Waals surface area contributed by atoms with Crippen molar-refractivity contribution in [2.24, 2.45) is 0 Å². The van der Waals surface area contributed by atoms with E-state index in [1.54, 1.807) is 16.9 Å². The Morgan fingerprint density at radius 3 is 2.85 bits per heavy atom. The minimum atomic E-state index is -0.532. The lowest BCUT2D eigenvalue weighted by Crippen LogP contribution is -2.63. The van der Waals surface area contributed by atoms with Crippen molar-refractivity contribution in [3.8, 4) is 5.75 Å². The summed E-state index contributed by atoms with van der Waals surface area (Å²) in [6.07, 6.45) is 2.47. The van der Waals surface area contributed by atoms with Crippen molar-refractivity contribution in [2.75, 3.05) is 26.8 Å². The Kier molecular flexibility index (Phi) is 4.87. The number of piperazine rings is 1. The third-order valence-corrected chi connectivity index (χ3v) is 7.20. The number of fused-ring (bicyclic) bond motifs is 4. The van der Waals surface area contributed by atoms with E-state index in [4.69, 9.17) is 9.47 Å². The van der Waals surface area contributed by atoms with E-state index < -0.39 is 6.04 Å². The number of hydrogen-bond donors (Lipinski definition) is 1. The molecule has 2 amide bonds. The first kappa shape index (κ1) is 20.3. The van der Waals surface area contributed by atoms with E-state index in [0.717, 1.165) is 52.9 Å². The third kappa shape index (κ3) is 3.30. The zero-order valence-electron chi connectivity index (χ0n) is 18.6. The summed E-state index contributed by atoms with van der Waals surface area (Å²) in [5.41, 5.74) is 4.04. The molecule has 3 aliphatic heterocycles. The van der Waals surface area contributed by atoms with E-state index in [2.05, 4.69) is 11.1 Å². The van der Waals surface area contributed by atoms with Gasteiger partial charge in [-0.15, -0.1) is 0 Å². The number of methoxy groups -OCH3 is 1. The first-order valence-electron chi connectivity index (χ1n) is 11.6. The number of H-pyrrole nitrogens is 1. The highest BCUT2D eigenvalue weighted by Crippen LogP contribution is 2.43. The predicted octanol–water partition coefficient (Wildman–Crippen LogP) is 3.04. The van der Waals surface area contributed by atoms with Gasteiger partial charge in [-0.25, -0.2) is 0 Å². The number of nitrogens with one attached hydrogen (secondary N) is 1. The zero-order valence-corrected chi connectivity index (χ0v) is 18.6. The lowest BCUT2D eigenvalue weighted by Gasteiger charge is -2.47. The fraction of sp³-hybridized carbons (Fsp3) is 0.385. The molecule has 2 fully saturated rings. The molecule has 3 aliphatic rings. The Balaban J connectivity index is 1.46. The monoisotopic (exact) mass is 445 g/mol. The number of benzene rings is 2. The maximum atomic E-state index is 13.7. The van der Waals surface area contributed by atoms with Gasteiger partial charge < -0.3 is 24.3 Å². The standard InChI is InChI=1S/C26H27N3O4/c1-32-17-7-4-6-16(12-17)25-24-20(19-9-2-3-10-21(19)27-24)13-22-26(31)28(15-23(30)29(22)25)14-18-8-5-11-33-18/h2-4,6-7,9-10,12,18,22,25,27H,5,8,11,13-15H2,1H3/t18?,22-,25?/m0/s1. The van der Waals surface area contributed by atoms with Gasteiger partial charge in [-0.3, -0.25) is 9.59 Å². The lowest BCUT2D eigenvalue weighted by molar-refractivity contribution is -0.159. The quantitative estimate of drug-likeness (QED) is 0.670. The van der Waals surface area contributed by atoms with Gasteiger partial charge in [0.25, 0.3) is 0 Å². The SMILES string of the molecule is COc1cccc(C2c3[nH]c4ccccc4c3C[C@H]3C(=O)N(CC4CCCO4)CC(=O)N23)c1. The molecule has 33 heavy (non-hydrogen) atoms. The van der Waals surface area contributed by atoms with Crippen molar-refractivity contribution in [1.82, 2.24) is 14.8 Å². The second-order valence-corrected chi connectivity index (χ2v) is 9.12. The molecule has 4 heterocycles. The number of para-hydroxylation sites is 1. The summed E-state index contributed by atoms with van der Waals surface area (Å²) in [4.78, 5) is 34.3.